The van der Waals surface area contributed by atoms with Gasteiger partial charge >= 0.3 is 0 Å². The van der Waals surface area contributed by atoms with Crippen LogP contribution in [-0.2, 0) is 0 Å². The first kappa shape index (κ1) is 21.6. The van der Waals surface area contributed by atoms with Crippen molar-refractivity contribution in [2.75, 3.05) is 0 Å². The Labute approximate surface area is 203 Å². The van der Waals surface area contributed by atoms with Gasteiger partial charge in [0.1, 0.15) is 22.6 Å². The van der Waals surface area contributed by atoms with Crippen molar-refractivity contribution < 1.29 is 9.34 Å². The highest BCUT2D eigenvalue weighted by Gasteiger charge is 2.15. The number of halogens is 1. The summed E-state index contributed by atoms with van der Waals surface area (Å²) in [5.41, 5.74) is 2.57. The molecule has 0 amide bonds. The molecule has 0 saturated carbocycles. The summed E-state index contributed by atoms with van der Waals surface area (Å²) in [4.78, 5) is 15.1. The van der Waals surface area contributed by atoms with Crippen molar-refractivity contribution in [2.24, 2.45) is 0 Å². The maximum atomic E-state index is 10.9. The highest BCUT2D eigenvalue weighted by molar-refractivity contribution is 7.11. The Morgan fingerprint density at radius 3 is 2.68 bits per heavy atom. The number of nitrogens with zero attached hydrogens (tertiary/aromatic N) is 3. The smallest absolute Gasteiger partial charge is 0.270 e. The molecule has 0 spiro atoms. The van der Waals surface area contributed by atoms with E-state index in [-0.39, 0.29) is 10.7 Å². The van der Waals surface area contributed by atoms with Crippen molar-refractivity contribution >= 4 is 51.0 Å². The van der Waals surface area contributed by atoms with Crippen LogP contribution < -0.4 is 0 Å². The largest absolute Gasteiger partial charge is 0.457 e. The van der Waals surface area contributed by atoms with Gasteiger partial charge < -0.3 is 4.42 Å². The van der Waals surface area contributed by atoms with Crippen LogP contribution in [0.25, 0.3) is 45.0 Å². The van der Waals surface area contributed by atoms with E-state index >= 15 is 0 Å². The molecule has 0 saturated heterocycles. The Balaban J connectivity index is 1.43. The van der Waals surface area contributed by atoms with Gasteiger partial charge in [0.15, 0.2) is 0 Å². The second-order valence-electron chi connectivity index (χ2n) is 7.39. The molecule has 0 aliphatic rings. The molecule has 0 fully saturated rings. The van der Waals surface area contributed by atoms with Gasteiger partial charge in [-0.25, -0.2) is 4.98 Å². The van der Waals surface area contributed by atoms with E-state index in [9.17, 15) is 15.4 Å². The lowest BCUT2D eigenvalue weighted by atomic mass is 10.1. The van der Waals surface area contributed by atoms with Crippen LogP contribution in [0.2, 0.25) is 5.02 Å². The molecule has 0 aliphatic heterocycles. The topological polar surface area (TPSA) is 93.0 Å². The number of aromatic nitrogens is 1. The summed E-state index contributed by atoms with van der Waals surface area (Å²) in [6, 6.07) is 24.0. The highest BCUT2D eigenvalue weighted by atomic mass is 35.5. The van der Waals surface area contributed by atoms with Gasteiger partial charge in [-0.15, -0.1) is 11.3 Å². The van der Waals surface area contributed by atoms with E-state index in [0.717, 1.165) is 22.0 Å². The van der Waals surface area contributed by atoms with Crippen LogP contribution in [0, 0.1) is 21.4 Å². The lowest BCUT2D eigenvalue weighted by molar-refractivity contribution is -0.384. The van der Waals surface area contributed by atoms with Crippen LogP contribution in [-0.4, -0.2) is 9.91 Å². The van der Waals surface area contributed by atoms with Crippen LogP contribution in [0.5, 0.6) is 0 Å². The fourth-order valence-electron chi connectivity index (χ4n) is 3.56. The molecular weight excluding hydrogens is 470 g/mol. The predicted octanol–water partition coefficient (Wildman–Crippen LogP) is 7.85. The van der Waals surface area contributed by atoms with Crippen LogP contribution >= 0.6 is 22.9 Å². The lowest BCUT2D eigenvalue weighted by Gasteiger charge is -2.01. The Kier molecular flexibility index (Phi) is 5.68. The molecule has 34 heavy (non-hydrogen) atoms. The summed E-state index contributed by atoms with van der Waals surface area (Å²) < 4.78 is 5.84. The van der Waals surface area contributed by atoms with Crippen molar-refractivity contribution in [3.8, 4) is 28.7 Å². The van der Waals surface area contributed by atoms with E-state index in [4.69, 9.17) is 16.0 Å². The van der Waals surface area contributed by atoms with E-state index in [1.165, 1.54) is 29.5 Å². The molecule has 8 heteroatoms. The van der Waals surface area contributed by atoms with Gasteiger partial charge in [-0.1, -0.05) is 48.0 Å². The molecule has 164 valence electrons. The number of furan rings is 1. The first-order valence-corrected chi connectivity index (χ1v) is 11.4. The minimum Gasteiger partial charge on any atom is -0.457 e. The zero-order chi connectivity index (χ0) is 23.7. The number of nitro benzene ring substituents is 1. The highest BCUT2D eigenvalue weighted by Crippen LogP contribution is 2.34. The number of hydrogen-bond acceptors (Lipinski definition) is 6. The molecule has 2 aromatic heterocycles. The van der Waals surface area contributed by atoms with E-state index < -0.39 is 4.92 Å². The van der Waals surface area contributed by atoms with Gasteiger partial charge in [0.05, 0.1) is 21.2 Å². The second kappa shape index (κ2) is 8.94. The van der Waals surface area contributed by atoms with Gasteiger partial charge in [0.25, 0.3) is 5.69 Å². The SMILES string of the molecule is N#C/C(=C\c1ccc(-c2ccc([N+](=O)[O-])cc2Cl)o1)c1nc(-c2ccc3ccccc3c2)cs1. The summed E-state index contributed by atoms with van der Waals surface area (Å²) in [6.45, 7) is 0. The van der Waals surface area contributed by atoms with Gasteiger partial charge in [-0.3, -0.25) is 10.1 Å². The van der Waals surface area contributed by atoms with Crippen LogP contribution in [0.4, 0.5) is 5.69 Å². The molecule has 0 bridgehead atoms. The molecule has 5 aromatic rings. The quantitative estimate of drug-likeness (QED) is 0.144. The van der Waals surface area contributed by atoms with E-state index in [1.54, 1.807) is 18.2 Å². The van der Waals surface area contributed by atoms with Crippen molar-refractivity contribution in [3.63, 3.8) is 0 Å². The Bertz CT molecular complexity index is 1630. The minimum absolute atomic E-state index is 0.0989. The minimum atomic E-state index is -0.509. The van der Waals surface area contributed by atoms with Gasteiger partial charge in [0.2, 0.25) is 0 Å². The predicted molar refractivity (Wildman–Crippen MR) is 134 cm³/mol. The summed E-state index contributed by atoms with van der Waals surface area (Å²) in [5, 5.41) is 25.6. The van der Waals surface area contributed by atoms with Gasteiger partial charge in [0, 0.05) is 34.7 Å². The van der Waals surface area contributed by atoms with Gasteiger partial charge in [-0.2, -0.15) is 5.26 Å². The summed E-state index contributed by atoms with van der Waals surface area (Å²) >= 11 is 7.59. The van der Waals surface area contributed by atoms with Crippen LogP contribution in [0.3, 0.4) is 0 Å². The maximum Gasteiger partial charge on any atom is 0.270 e. The number of non-ortho nitro benzene ring substituents is 1. The van der Waals surface area contributed by atoms with E-state index in [2.05, 4.69) is 35.3 Å². The monoisotopic (exact) mass is 483 g/mol. The van der Waals surface area contributed by atoms with Crippen LogP contribution in [0.1, 0.15) is 10.8 Å². The molecule has 0 aliphatic carbocycles. The molecule has 5 rings (SSSR count). The van der Waals surface area contributed by atoms with Crippen LogP contribution in [0.15, 0.2) is 82.6 Å². The number of hydrogen-bond donors (Lipinski definition) is 0. The number of rotatable bonds is 5. The second-order valence-corrected chi connectivity index (χ2v) is 8.66. The zero-order valence-electron chi connectivity index (χ0n) is 17.4. The fraction of sp³-hybridized carbons (Fsp3) is 0. The van der Waals surface area contributed by atoms with Gasteiger partial charge in [-0.05, 0) is 35.0 Å². The number of benzene rings is 3. The summed E-state index contributed by atoms with van der Waals surface area (Å²) in [5.74, 6) is 0.892. The first-order valence-electron chi connectivity index (χ1n) is 10.1. The van der Waals surface area contributed by atoms with Crippen molar-refractivity contribution in [2.45, 2.75) is 0 Å². The van der Waals surface area contributed by atoms with Crippen molar-refractivity contribution in [1.82, 2.24) is 4.98 Å². The molecular formula is C26H14ClN3O3S. The molecule has 0 N–H and O–H groups in total. The maximum absolute atomic E-state index is 10.9. The standard InChI is InChI=1S/C26H14ClN3O3S/c27-23-13-20(30(31)32)7-9-22(23)25-10-8-21(33-25)12-19(14-28)26-29-24(15-34-26)18-6-5-16-3-1-2-4-17(16)11-18/h1-13,15H/b19-12+. The summed E-state index contributed by atoms with van der Waals surface area (Å²) in [7, 11) is 0. The Morgan fingerprint density at radius 1 is 1.09 bits per heavy atom. The molecule has 0 unspecified atom stereocenters. The number of allylic oxidation sites excluding steroid dienone is 1. The number of nitro groups is 1. The lowest BCUT2D eigenvalue weighted by Crippen LogP contribution is -1.88. The number of nitriles is 1. The molecule has 3 aromatic carbocycles. The number of fused-ring (bicyclic) bond motifs is 1. The molecule has 2 heterocycles. The fourth-order valence-corrected chi connectivity index (χ4v) is 4.62. The third-order valence-corrected chi connectivity index (χ3v) is 6.43. The van der Waals surface area contributed by atoms with Crippen molar-refractivity contribution in [3.05, 3.63) is 104 Å². The third kappa shape index (κ3) is 4.20. The summed E-state index contributed by atoms with van der Waals surface area (Å²) in [6.07, 6.45) is 1.62. The average Bonchev–Trinajstić information content (AvgIpc) is 3.52. The van der Waals surface area contributed by atoms with E-state index in [0.29, 0.717) is 27.7 Å². The Morgan fingerprint density at radius 2 is 1.91 bits per heavy atom. The van der Waals surface area contributed by atoms with Crippen molar-refractivity contribution in [1.29, 1.82) is 5.26 Å². The number of thiazole rings is 1. The average molecular weight is 484 g/mol. The molecule has 0 radical (unpaired) electrons. The third-order valence-electron chi connectivity index (χ3n) is 5.24. The van der Waals surface area contributed by atoms with E-state index in [1.807, 2.05) is 23.6 Å². The first-order chi connectivity index (χ1) is 16.5. The Hall–Kier alpha value is -4.25. The molecule has 0 atom stereocenters. The normalized spacial score (nSPS) is 11.5. The zero-order valence-corrected chi connectivity index (χ0v) is 19.0. The molecule has 6 nitrogen and oxygen atoms in total.